The number of carbonyl (C=O) groups excluding carboxylic acids is 1. The summed E-state index contributed by atoms with van der Waals surface area (Å²) in [6.07, 6.45) is 3.71. The fourth-order valence-corrected chi connectivity index (χ4v) is 2.40. The van der Waals surface area contributed by atoms with Crippen molar-refractivity contribution in [3.63, 3.8) is 0 Å². The van der Waals surface area contributed by atoms with Gasteiger partial charge >= 0.3 is 0 Å². The van der Waals surface area contributed by atoms with Gasteiger partial charge in [-0.3, -0.25) is 4.79 Å². The van der Waals surface area contributed by atoms with Crippen LogP contribution in [0.4, 0.5) is 0 Å². The molecule has 2 N–H and O–H groups in total. The number of amides is 1. The number of rotatable bonds is 2. The van der Waals surface area contributed by atoms with E-state index in [-0.39, 0.29) is 11.9 Å². The Morgan fingerprint density at radius 2 is 2.50 bits per heavy atom. The van der Waals surface area contributed by atoms with Crippen molar-refractivity contribution >= 4 is 5.91 Å². The second-order valence-corrected chi connectivity index (χ2v) is 4.40. The van der Waals surface area contributed by atoms with E-state index < -0.39 is 0 Å². The Hall–Kier alpha value is -1.29. The number of carbonyl (C=O) groups is 1. The van der Waals surface area contributed by atoms with Crippen molar-refractivity contribution in [2.24, 2.45) is 11.7 Å². The van der Waals surface area contributed by atoms with E-state index in [1.165, 1.54) is 6.26 Å². The summed E-state index contributed by atoms with van der Waals surface area (Å²) in [6.45, 7) is 3.46. The molecule has 1 amide bonds. The molecular formula is C12H18N2O2. The van der Waals surface area contributed by atoms with Crippen molar-refractivity contribution in [2.75, 3.05) is 13.1 Å². The van der Waals surface area contributed by atoms with Crippen LogP contribution < -0.4 is 5.73 Å². The maximum absolute atomic E-state index is 12.2. The van der Waals surface area contributed by atoms with E-state index in [2.05, 4.69) is 6.92 Å². The van der Waals surface area contributed by atoms with Crippen LogP contribution in [0.1, 0.15) is 30.3 Å². The molecule has 0 saturated carbocycles. The third-order valence-electron chi connectivity index (χ3n) is 3.35. The third kappa shape index (κ3) is 1.97. The van der Waals surface area contributed by atoms with Crippen LogP contribution in [-0.2, 0) is 0 Å². The Labute approximate surface area is 95.4 Å². The van der Waals surface area contributed by atoms with Crippen LogP contribution in [0, 0.1) is 5.92 Å². The molecule has 0 unspecified atom stereocenters. The third-order valence-corrected chi connectivity index (χ3v) is 3.35. The van der Waals surface area contributed by atoms with Gasteiger partial charge in [-0.1, -0.05) is 6.92 Å². The van der Waals surface area contributed by atoms with Gasteiger partial charge in [0.15, 0.2) is 5.76 Å². The van der Waals surface area contributed by atoms with Crippen molar-refractivity contribution in [3.8, 4) is 0 Å². The summed E-state index contributed by atoms with van der Waals surface area (Å²) in [6, 6.07) is 3.58. The minimum absolute atomic E-state index is 0.0352. The highest BCUT2D eigenvalue weighted by Crippen LogP contribution is 2.24. The van der Waals surface area contributed by atoms with Gasteiger partial charge in [0.05, 0.1) is 6.26 Å². The molecule has 4 heteroatoms. The SMILES string of the molecule is C[C@@H]1CCCN(C(=O)c2ccco2)[C@@H]1CN. The topological polar surface area (TPSA) is 59.5 Å². The van der Waals surface area contributed by atoms with Gasteiger partial charge in [-0.2, -0.15) is 0 Å². The Bertz CT molecular complexity index is 348. The number of piperidine rings is 1. The minimum atomic E-state index is -0.0352. The molecule has 2 rings (SSSR count). The van der Waals surface area contributed by atoms with E-state index >= 15 is 0 Å². The van der Waals surface area contributed by atoms with Crippen LogP contribution in [0.15, 0.2) is 22.8 Å². The largest absolute Gasteiger partial charge is 0.459 e. The molecule has 4 nitrogen and oxygen atoms in total. The van der Waals surface area contributed by atoms with Gasteiger partial charge in [-0.05, 0) is 30.9 Å². The molecule has 1 saturated heterocycles. The zero-order valence-corrected chi connectivity index (χ0v) is 9.56. The van der Waals surface area contributed by atoms with Crippen LogP contribution >= 0.6 is 0 Å². The summed E-state index contributed by atoms with van der Waals surface area (Å²) in [4.78, 5) is 14.0. The molecule has 16 heavy (non-hydrogen) atoms. The zero-order chi connectivity index (χ0) is 11.5. The molecule has 1 aliphatic rings. The number of hydrogen-bond donors (Lipinski definition) is 1. The minimum Gasteiger partial charge on any atom is -0.459 e. The summed E-state index contributed by atoms with van der Waals surface area (Å²) in [5, 5.41) is 0. The fraction of sp³-hybridized carbons (Fsp3) is 0.583. The maximum atomic E-state index is 12.2. The normalized spacial score (nSPS) is 25.8. The average Bonchev–Trinajstić information content (AvgIpc) is 2.81. The van der Waals surface area contributed by atoms with Crippen LogP contribution in [0.2, 0.25) is 0 Å². The predicted octanol–water partition coefficient (Wildman–Crippen LogP) is 1.48. The van der Waals surface area contributed by atoms with Crippen LogP contribution in [-0.4, -0.2) is 29.9 Å². The monoisotopic (exact) mass is 222 g/mol. The van der Waals surface area contributed by atoms with Crippen molar-refractivity contribution in [1.82, 2.24) is 4.90 Å². The lowest BCUT2D eigenvalue weighted by Crippen LogP contribution is -2.51. The second kappa shape index (κ2) is 4.70. The molecule has 2 atom stereocenters. The van der Waals surface area contributed by atoms with Gasteiger partial charge in [0.2, 0.25) is 0 Å². The van der Waals surface area contributed by atoms with Crippen LogP contribution in [0.3, 0.4) is 0 Å². The van der Waals surface area contributed by atoms with Crippen molar-refractivity contribution in [2.45, 2.75) is 25.8 Å². The summed E-state index contributed by atoms with van der Waals surface area (Å²) in [7, 11) is 0. The van der Waals surface area contributed by atoms with E-state index in [4.69, 9.17) is 10.2 Å². The highest BCUT2D eigenvalue weighted by atomic mass is 16.3. The first-order valence-electron chi connectivity index (χ1n) is 5.78. The molecule has 1 aromatic heterocycles. The van der Waals surface area contributed by atoms with Gasteiger partial charge in [0, 0.05) is 19.1 Å². The van der Waals surface area contributed by atoms with E-state index in [1.54, 1.807) is 12.1 Å². The van der Waals surface area contributed by atoms with E-state index in [0.29, 0.717) is 18.2 Å². The first-order chi connectivity index (χ1) is 7.74. The molecule has 1 aromatic rings. The van der Waals surface area contributed by atoms with Gasteiger partial charge in [0.25, 0.3) is 5.91 Å². The molecule has 1 aliphatic heterocycles. The molecular weight excluding hydrogens is 204 g/mol. The quantitative estimate of drug-likeness (QED) is 0.824. The van der Waals surface area contributed by atoms with Crippen molar-refractivity contribution in [1.29, 1.82) is 0 Å². The lowest BCUT2D eigenvalue weighted by molar-refractivity contribution is 0.0501. The highest BCUT2D eigenvalue weighted by Gasteiger charge is 2.32. The second-order valence-electron chi connectivity index (χ2n) is 4.40. The van der Waals surface area contributed by atoms with Gasteiger partial charge in [0.1, 0.15) is 0 Å². The fourth-order valence-electron chi connectivity index (χ4n) is 2.40. The smallest absolute Gasteiger partial charge is 0.289 e. The van der Waals surface area contributed by atoms with Crippen LogP contribution in [0.5, 0.6) is 0 Å². The Balaban J connectivity index is 2.15. The Morgan fingerprint density at radius 3 is 3.12 bits per heavy atom. The molecule has 0 aromatic carbocycles. The molecule has 88 valence electrons. The van der Waals surface area contributed by atoms with Crippen molar-refractivity contribution in [3.05, 3.63) is 24.2 Å². The molecule has 0 bridgehead atoms. The molecule has 0 aliphatic carbocycles. The van der Waals surface area contributed by atoms with Crippen molar-refractivity contribution < 1.29 is 9.21 Å². The first-order valence-corrected chi connectivity index (χ1v) is 5.78. The number of likely N-dealkylation sites (tertiary alicyclic amines) is 1. The Kier molecular flexibility index (Phi) is 3.29. The van der Waals surface area contributed by atoms with E-state index in [9.17, 15) is 4.79 Å². The number of furan rings is 1. The molecule has 0 radical (unpaired) electrons. The number of nitrogens with two attached hydrogens (primary N) is 1. The number of nitrogens with zero attached hydrogens (tertiary/aromatic N) is 1. The summed E-state index contributed by atoms with van der Waals surface area (Å²) < 4.78 is 5.14. The Morgan fingerprint density at radius 1 is 1.69 bits per heavy atom. The zero-order valence-electron chi connectivity index (χ0n) is 9.56. The first kappa shape index (κ1) is 11.2. The van der Waals surface area contributed by atoms with Gasteiger partial charge in [-0.15, -0.1) is 0 Å². The maximum Gasteiger partial charge on any atom is 0.289 e. The number of hydrogen-bond acceptors (Lipinski definition) is 3. The predicted molar refractivity (Wildman–Crippen MR) is 61.0 cm³/mol. The van der Waals surface area contributed by atoms with E-state index in [0.717, 1.165) is 19.4 Å². The summed E-state index contributed by atoms with van der Waals surface area (Å²) in [5.74, 6) is 0.845. The average molecular weight is 222 g/mol. The standard InChI is InChI=1S/C12H18N2O2/c1-9-4-2-6-14(10(9)8-13)12(15)11-5-3-7-16-11/h3,5,7,9-10H,2,4,6,8,13H2,1H3/t9-,10-/m1/s1. The van der Waals surface area contributed by atoms with E-state index in [1.807, 2.05) is 4.90 Å². The summed E-state index contributed by atoms with van der Waals surface area (Å²) in [5.41, 5.74) is 5.75. The lowest BCUT2D eigenvalue weighted by atomic mass is 9.90. The van der Waals surface area contributed by atoms with Gasteiger partial charge < -0.3 is 15.1 Å². The molecule has 0 spiro atoms. The summed E-state index contributed by atoms with van der Waals surface area (Å²) >= 11 is 0. The molecule has 2 heterocycles. The molecule has 1 fully saturated rings. The van der Waals surface area contributed by atoms with Gasteiger partial charge in [-0.25, -0.2) is 0 Å². The van der Waals surface area contributed by atoms with Crippen LogP contribution in [0.25, 0.3) is 0 Å². The lowest BCUT2D eigenvalue weighted by Gasteiger charge is -2.38. The highest BCUT2D eigenvalue weighted by molar-refractivity contribution is 5.91.